The van der Waals surface area contributed by atoms with Crippen molar-refractivity contribution in [1.82, 2.24) is 35.4 Å². The Bertz CT molecular complexity index is 749. The number of carbonyl (C=O) groups is 2. The first-order chi connectivity index (χ1) is 11.4. The molecule has 0 fully saturated rings. The van der Waals surface area contributed by atoms with Crippen molar-refractivity contribution in [3.63, 3.8) is 0 Å². The second-order valence-electron chi connectivity index (χ2n) is 5.23. The summed E-state index contributed by atoms with van der Waals surface area (Å²) in [6, 6.07) is 3.59. The predicted molar refractivity (Wildman–Crippen MR) is 84.3 cm³/mol. The summed E-state index contributed by atoms with van der Waals surface area (Å²) in [5.41, 5.74) is 0.340. The number of aliphatic hydroxyl groups is 1. The fourth-order valence-electron chi connectivity index (χ4n) is 1.79. The third kappa shape index (κ3) is 4.26. The van der Waals surface area contributed by atoms with Gasteiger partial charge in [0.15, 0.2) is 5.82 Å². The second-order valence-corrected chi connectivity index (χ2v) is 5.23. The molecule has 2 amide bonds. The highest BCUT2D eigenvalue weighted by Gasteiger charge is 2.16. The van der Waals surface area contributed by atoms with Gasteiger partial charge in [-0.05, 0) is 24.3 Å². The van der Waals surface area contributed by atoms with E-state index < -0.39 is 12.0 Å². The zero-order valence-corrected chi connectivity index (χ0v) is 13.4. The first-order valence-corrected chi connectivity index (χ1v) is 7.20. The molecule has 0 aliphatic heterocycles. The van der Waals surface area contributed by atoms with Gasteiger partial charge in [0.05, 0.1) is 6.10 Å². The molecule has 0 bridgehead atoms. The monoisotopic (exact) mass is 333 g/mol. The van der Waals surface area contributed by atoms with Crippen molar-refractivity contribution in [2.24, 2.45) is 7.05 Å². The molecule has 3 N–H and O–H groups in total. The van der Waals surface area contributed by atoms with Crippen LogP contribution in [-0.2, 0) is 11.8 Å². The molecule has 1 unspecified atom stereocenters. The first kappa shape index (κ1) is 17.3. The molecule has 24 heavy (non-hydrogen) atoms. The Morgan fingerprint density at radius 2 is 2.08 bits per heavy atom. The SMILES string of the molecule is C=C(C)C(=O)NCC(O)CNC(=O)c1nnn(-c2cccn2C)n1. The number of tetrazole rings is 1. The number of hydrogen-bond acceptors (Lipinski definition) is 6. The van der Waals surface area contributed by atoms with Gasteiger partial charge in [0, 0.05) is 31.9 Å². The van der Waals surface area contributed by atoms with Gasteiger partial charge in [-0.1, -0.05) is 6.58 Å². The number of aliphatic hydroxyl groups excluding tert-OH is 1. The smallest absolute Gasteiger partial charge is 0.293 e. The maximum Gasteiger partial charge on any atom is 0.293 e. The maximum atomic E-state index is 12.0. The van der Waals surface area contributed by atoms with Gasteiger partial charge in [-0.25, -0.2) is 0 Å². The van der Waals surface area contributed by atoms with Crippen molar-refractivity contribution in [3.05, 3.63) is 36.3 Å². The van der Waals surface area contributed by atoms with Crippen molar-refractivity contribution in [2.75, 3.05) is 13.1 Å². The Morgan fingerprint density at radius 3 is 2.71 bits per heavy atom. The van der Waals surface area contributed by atoms with Crippen molar-refractivity contribution in [2.45, 2.75) is 13.0 Å². The normalized spacial score (nSPS) is 11.8. The van der Waals surface area contributed by atoms with E-state index >= 15 is 0 Å². The summed E-state index contributed by atoms with van der Waals surface area (Å²) >= 11 is 0. The maximum absolute atomic E-state index is 12.0. The number of nitrogens with one attached hydrogen (secondary N) is 2. The summed E-state index contributed by atoms with van der Waals surface area (Å²) in [6.45, 7) is 4.98. The number of amides is 2. The van der Waals surface area contributed by atoms with Crippen LogP contribution in [0.1, 0.15) is 17.5 Å². The number of aryl methyl sites for hydroxylation is 1. The Labute approximate surface area is 138 Å². The van der Waals surface area contributed by atoms with Crippen LogP contribution in [0.4, 0.5) is 0 Å². The summed E-state index contributed by atoms with van der Waals surface area (Å²) in [7, 11) is 1.81. The molecule has 1 atom stereocenters. The molecule has 0 radical (unpaired) electrons. The number of nitrogens with zero attached hydrogens (tertiary/aromatic N) is 5. The van der Waals surface area contributed by atoms with Crippen LogP contribution in [0.5, 0.6) is 0 Å². The van der Waals surface area contributed by atoms with E-state index in [0.29, 0.717) is 11.4 Å². The molecule has 0 aromatic carbocycles. The van der Waals surface area contributed by atoms with Crippen LogP contribution in [0.3, 0.4) is 0 Å². The van der Waals surface area contributed by atoms with Gasteiger partial charge in [-0.2, -0.15) is 0 Å². The highest BCUT2D eigenvalue weighted by molar-refractivity contribution is 5.92. The van der Waals surface area contributed by atoms with Crippen LogP contribution in [0.2, 0.25) is 0 Å². The van der Waals surface area contributed by atoms with Crippen LogP contribution >= 0.6 is 0 Å². The average molecular weight is 333 g/mol. The fraction of sp³-hybridized carbons (Fsp3) is 0.357. The molecule has 128 valence electrons. The minimum atomic E-state index is -0.944. The van der Waals surface area contributed by atoms with Gasteiger partial charge in [0.2, 0.25) is 5.91 Å². The largest absolute Gasteiger partial charge is 0.389 e. The number of rotatable bonds is 7. The van der Waals surface area contributed by atoms with Gasteiger partial charge in [0.1, 0.15) is 0 Å². The fourth-order valence-corrected chi connectivity index (χ4v) is 1.79. The zero-order chi connectivity index (χ0) is 17.7. The second kappa shape index (κ2) is 7.51. The molecule has 10 heteroatoms. The van der Waals surface area contributed by atoms with Crippen LogP contribution in [0.15, 0.2) is 30.5 Å². The summed E-state index contributed by atoms with van der Waals surface area (Å²) < 4.78 is 1.78. The molecule has 2 aromatic rings. The summed E-state index contributed by atoms with van der Waals surface area (Å²) in [6.07, 6.45) is 0.869. The molecule has 2 aromatic heterocycles. The Morgan fingerprint density at radius 1 is 1.38 bits per heavy atom. The van der Waals surface area contributed by atoms with Gasteiger partial charge in [-0.15, -0.1) is 15.0 Å². The molecular formula is C14H19N7O3. The average Bonchev–Trinajstić information content (AvgIpc) is 3.18. The third-order valence-electron chi connectivity index (χ3n) is 3.12. The van der Waals surface area contributed by atoms with E-state index in [1.807, 2.05) is 19.3 Å². The van der Waals surface area contributed by atoms with E-state index in [9.17, 15) is 14.7 Å². The van der Waals surface area contributed by atoms with E-state index in [1.54, 1.807) is 17.6 Å². The molecule has 2 heterocycles. The van der Waals surface area contributed by atoms with Crippen LogP contribution in [-0.4, -0.2) is 60.9 Å². The molecule has 0 aliphatic carbocycles. The number of hydrogen-bond donors (Lipinski definition) is 3. The molecule has 2 rings (SSSR count). The Kier molecular flexibility index (Phi) is 5.42. The molecule has 0 aliphatic rings. The quantitative estimate of drug-likeness (QED) is 0.545. The van der Waals surface area contributed by atoms with Crippen LogP contribution in [0, 0.1) is 0 Å². The van der Waals surface area contributed by atoms with E-state index in [-0.39, 0.29) is 24.8 Å². The lowest BCUT2D eigenvalue weighted by Gasteiger charge is -2.12. The molecule has 10 nitrogen and oxygen atoms in total. The van der Waals surface area contributed by atoms with Gasteiger partial charge in [0.25, 0.3) is 11.7 Å². The van der Waals surface area contributed by atoms with Crippen molar-refractivity contribution in [3.8, 4) is 5.82 Å². The van der Waals surface area contributed by atoms with Crippen LogP contribution in [0.25, 0.3) is 5.82 Å². The van der Waals surface area contributed by atoms with Gasteiger partial charge < -0.3 is 20.3 Å². The van der Waals surface area contributed by atoms with Gasteiger partial charge in [-0.3, -0.25) is 9.59 Å². The zero-order valence-electron chi connectivity index (χ0n) is 13.4. The molecule has 0 saturated heterocycles. The minimum Gasteiger partial charge on any atom is -0.389 e. The van der Waals surface area contributed by atoms with Crippen LogP contribution < -0.4 is 10.6 Å². The van der Waals surface area contributed by atoms with Gasteiger partial charge >= 0.3 is 0 Å². The van der Waals surface area contributed by atoms with Crippen molar-refractivity contribution >= 4 is 11.8 Å². The Balaban J connectivity index is 1.85. The minimum absolute atomic E-state index is 0.00452. The molecule has 0 saturated carbocycles. The molecular weight excluding hydrogens is 314 g/mol. The van der Waals surface area contributed by atoms with Crippen molar-refractivity contribution in [1.29, 1.82) is 0 Å². The van der Waals surface area contributed by atoms with E-state index in [1.165, 1.54) is 4.80 Å². The summed E-state index contributed by atoms with van der Waals surface area (Å²) in [5.74, 6) is -0.383. The first-order valence-electron chi connectivity index (χ1n) is 7.20. The van der Waals surface area contributed by atoms with Crippen molar-refractivity contribution < 1.29 is 14.7 Å². The topological polar surface area (TPSA) is 127 Å². The van der Waals surface area contributed by atoms with E-state index in [4.69, 9.17) is 0 Å². The lowest BCUT2D eigenvalue weighted by molar-refractivity contribution is -0.117. The predicted octanol–water partition coefficient (Wildman–Crippen LogP) is -1.22. The van der Waals surface area contributed by atoms with E-state index in [0.717, 1.165) is 0 Å². The Hall–Kier alpha value is -3.01. The highest BCUT2D eigenvalue weighted by atomic mass is 16.3. The standard InChI is InChI=1S/C14H19N7O3/c1-9(2)13(23)15-7-10(22)8-16-14(24)12-17-19-21(18-12)11-5-4-6-20(11)3/h4-6,10,22H,1,7-8H2,2-3H3,(H,15,23)(H,16,24). The van der Waals surface area contributed by atoms with E-state index in [2.05, 4.69) is 32.6 Å². The lowest BCUT2D eigenvalue weighted by atomic mass is 10.3. The third-order valence-corrected chi connectivity index (χ3v) is 3.12. The number of carbonyl (C=O) groups excluding carboxylic acids is 2. The summed E-state index contributed by atoms with van der Waals surface area (Å²) in [5, 5.41) is 26.2. The molecule has 0 spiro atoms. The lowest BCUT2D eigenvalue weighted by Crippen LogP contribution is -2.40. The number of aromatic nitrogens is 5. The summed E-state index contributed by atoms with van der Waals surface area (Å²) in [4.78, 5) is 24.5. The highest BCUT2D eigenvalue weighted by Crippen LogP contribution is 2.03.